The van der Waals surface area contributed by atoms with Crippen molar-refractivity contribution < 1.29 is 13.9 Å². The number of carbonyl (C=O) groups is 1. The Bertz CT molecular complexity index is 1240. The van der Waals surface area contributed by atoms with E-state index >= 15 is 0 Å². The van der Waals surface area contributed by atoms with Crippen LogP contribution in [0.15, 0.2) is 35.1 Å². The number of rotatable bonds is 4. The molecule has 3 aromatic heterocycles. The van der Waals surface area contributed by atoms with Crippen LogP contribution in [0.3, 0.4) is 0 Å². The number of nitrogens with one attached hydrogen (secondary N) is 1. The van der Waals surface area contributed by atoms with Gasteiger partial charge in [0.05, 0.1) is 75.5 Å². The Morgan fingerprint density at radius 1 is 0.912 bits per heavy atom. The minimum atomic E-state index is -2.30. The molecular weight excluding hydrogens is 421 g/mol. The lowest BCUT2D eigenvalue weighted by atomic mass is 9.30. The molecule has 1 saturated heterocycles. The first-order chi connectivity index (χ1) is 15.6. The zero-order valence-electron chi connectivity index (χ0n) is 18.2. The second-order valence-corrected chi connectivity index (χ2v) is 8.20. The maximum atomic E-state index is 12.9. The Morgan fingerprint density at radius 2 is 1.53 bits per heavy atom. The number of ether oxygens (including phenoxy) is 1. The average Bonchev–Trinajstić information content (AvgIpc) is 3.16. The maximum absolute atomic E-state index is 12.9. The van der Waals surface area contributed by atoms with E-state index in [1.54, 1.807) is 31.5 Å². The smallest absolute Gasteiger partial charge is 0.239 e. The SMILES string of the molecule is [B]C1([B])OC([B])([B])C([B])([B])N(CC(=O)Nc2cc3cc(-c4cnc(C)o4)ncc3cn2)C1([B])[B]. The summed E-state index contributed by atoms with van der Waals surface area (Å²) in [5, 5.41) is -5.02. The Balaban J connectivity index is 1.58. The van der Waals surface area contributed by atoms with Crippen LogP contribution in [0.5, 0.6) is 0 Å². The van der Waals surface area contributed by atoms with E-state index in [0.717, 1.165) is 15.7 Å². The fourth-order valence-electron chi connectivity index (χ4n) is 3.48. The van der Waals surface area contributed by atoms with E-state index in [0.29, 0.717) is 17.3 Å². The van der Waals surface area contributed by atoms with Crippen LogP contribution in [0, 0.1) is 6.92 Å². The van der Waals surface area contributed by atoms with Crippen molar-refractivity contribution in [2.24, 2.45) is 0 Å². The van der Waals surface area contributed by atoms with Crippen LogP contribution < -0.4 is 5.32 Å². The van der Waals surface area contributed by atoms with Crippen molar-refractivity contribution in [1.82, 2.24) is 19.9 Å². The van der Waals surface area contributed by atoms with E-state index < -0.39 is 33.9 Å². The summed E-state index contributed by atoms with van der Waals surface area (Å²) in [4.78, 5) is 26.3. The summed E-state index contributed by atoms with van der Waals surface area (Å²) in [6.45, 7) is 1.12. The maximum Gasteiger partial charge on any atom is 0.239 e. The van der Waals surface area contributed by atoms with Gasteiger partial charge in [-0.15, -0.1) is 0 Å². The molecule has 0 aromatic carbocycles. The molecule has 4 rings (SSSR count). The molecule has 4 heterocycles. The van der Waals surface area contributed by atoms with E-state index in [1.165, 1.54) is 6.20 Å². The van der Waals surface area contributed by atoms with Gasteiger partial charge in [-0.1, -0.05) is 0 Å². The van der Waals surface area contributed by atoms with Crippen LogP contribution in [-0.2, 0) is 9.53 Å². The van der Waals surface area contributed by atoms with Gasteiger partial charge in [0.15, 0.2) is 11.7 Å². The number of hydrogen-bond acceptors (Lipinski definition) is 7. The number of carbonyl (C=O) groups excluding carboxylic acids is 1. The molecule has 1 N–H and O–H groups in total. The second-order valence-electron chi connectivity index (χ2n) is 8.20. The molecule has 1 fully saturated rings. The molecule has 34 heavy (non-hydrogen) atoms. The number of fused-ring (bicyclic) bond motifs is 1. The lowest BCUT2D eigenvalue weighted by Crippen LogP contribution is -2.86. The highest BCUT2D eigenvalue weighted by Crippen LogP contribution is 2.39. The Morgan fingerprint density at radius 3 is 2.12 bits per heavy atom. The minimum absolute atomic E-state index is 0.203. The number of anilines is 1. The topological polar surface area (TPSA) is 93.4 Å². The number of morpholine rings is 1. The van der Waals surface area contributed by atoms with Crippen molar-refractivity contribution in [3.63, 3.8) is 0 Å². The van der Waals surface area contributed by atoms with Crippen LogP contribution in [0.2, 0.25) is 0 Å². The fraction of sp³-hybridized carbons (Fsp3) is 0.333. The van der Waals surface area contributed by atoms with E-state index in [9.17, 15) is 4.79 Å². The molecule has 150 valence electrons. The highest BCUT2D eigenvalue weighted by Gasteiger charge is 2.57. The summed E-state index contributed by atoms with van der Waals surface area (Å²) >= 11 is 0. The summed E-state index contributed by atoms with van der Waals surface area (Å²) < 4.78 is 10.6. The number of pyridine rings is 2. The number of amides is 1. The standard InChI is InChI=1S/C18H11B8N5O3/c1-8-27-6-12(33-8)11-2-9-3-13(29-5-10(9)4-28-11)30-14(32)7-31-15(19,20)17(23,24)34-18(25,26)16(31,21)22/h2-6H,7H2,1H3,(H,29,30,32). The van der Waals surface area contributed by atoms with Gasteiger partial charge >= 0.3 is 0 Å². The lowest BCUT2D eigenvalue weighted by molar-refractivity contribution is -0.131. The fourth-order valence-corrected chi connectivity index (χ4v) is 3.48. The van der Waals surface area contributed by atoms with Gasteiger partial charge in [0.1, 0.15) is 11.5 Å². The molecule has 8 nitrogen and oxygen atoms in total. The Hall–Kier alpha value is -2.32. The van der Waals surface area contributed by atoms with Crippen LogP contribution in [-0.4, -0.2) is 117 Å². The van der Waals surface area contributed by atoms with Gasteiger partial charge in [0, 0.05) is 24.7 Å². The quantitative estimate of drug-likeness (QED) is 0.470. The largest absolute Gasteiger partial charge is 0.439 e. The molecule has 0 atom stereocenters. The van der Waals surface area contributed by atoms with Crippen LogP contribution in [0.4, 0.5) is 5.82 Å². The first-order valence-corrected chi connectivity index (χ1v) is 9.91. The first kappa shape index (κ1) is 24.8. The summed E-state index contributed by atoms with van der Waals surface area (Å²) in [6, 6.07) is 3.39. The summed E-state index contributed by atoms with van der Waals surface area (Å²) in [5.74, 6) is 0.542. The number of oxazole rings is 1. The lowest BCUT2D eigenvalue weighted by Gasteiger charge is -2.70. The average molecular weight is 432 g/mol. The molecule has 16 heteroatoms. The second kappa shape index (κ2) is 8.12. The molecule has 0 spiro atoms. The Labute approximate surface area is 207 Å². The van der Waals surface area contributed by atoms with E-state index in [2.05, 4.69) is 20.3 Å². The molecule has 16 radical (unpaired) electrons. The van der Waals surface area contributed by atoms with Gasteiger partial charge in [-0.25, -0.2) is 9.97 Å². The zero-order valence-corrected chi connectivity index (χ0v) is 18.2. The minimum Gasteiger partial charge on any atom is -0.439 e. The van der Waals surface area contributed by atoms with Gasteiger partial charge in [-0.3, -0.25) is 9.78 Å². The molecule has 1 aliphatic heterocycles. The van der Waals surface area contributed by atoms with Gasteiger partial charge < -0.3 is 19.4 Å². The number of aromatic nitrogens is 3. The number of hydrogen-bond donors (Lipinski definition) is 1. The summed E-state index contributed by atoms with van der Waals surface area (Å²) in [7, 11) is 47.4. The first-order valence-electron chi connectivity index (χ1n) is 9.91. The number of aryl methyl sites for hydroxylation is 1. The predicted octanol–water partition coefficient (Wildman–Crippen LogP) is -2.17. The third-order valence-corrected chi connectivity index (χ3v) is 5.53. The molecule has 0 aliphatic carbocycles. The molecular formula is C18H11B8N5O3. The van der Waals surface area contributed by atoms with Crippen LogP contribution in [0.1, 0.15) is 5.89 Å². The van der Waals surface area contributed by atoms with Crippen molar-refractivity contribution in [1.29, 1.82) is 0 Å². The molecule has 1 amide bonds. The van der Waals surface area contributed by atoms with Crippen molar-refractivity contribution in [3.05, 3.63) is 36.6 Å². The number of nitrogens with zero attached hydrogens (tertiary/aromatic N) is 4. The normalized spacial score (nSPS) is 20.6. The highest BCUT2D eigenvalue weighted by molar-refractivity contribution is 6.59. The molecule has 0 saturated carbocycles. The molecule has 1 aliphatic rings. The summed E-state index contributed by atoms with van der Waals surface area (Å²) in [6.07, 6.45) is 4.72. The van der Waals surface area contributed by atoms with Gasteiger partial charge in [-0.05, 0) is 39.0 Å². The monoisotopic (exact) mass is 433 g/mol. The van der Waals surface area contributed by atoms with Crippen molar-refractivity contribution in [3.8, 4) is 11.5 Å². The van der Waals surface area contributed by atoms with Crippen molar-refractivity contribution in [2.75, 3.05) is 11.9 Å². The van der Waals surface area contributed by atoms with E-state index in [1.807, 2.05) is 0 Å². The zero-order chi connectivity index (χ0) is 25.1. The third kappa shape index (κ3) is 4.15. The Kier molecular flexibility index (Phi) is 5.92. The van der Waals surface area contributed by atoms with Crippen LogP contribution in [0.25, 0.3) is 22.2 Å². The van der Waals surface area contributed by atoms with E-state index in [4.69, 9.17) is 71.9 Å². The van der Waals surface area contributed by atoms with Crippen molar-refractivity contribution in [2.45, 2.75) is 28.4 Å². The van der Waals surface area contributed by atoms with Crippen LogP contribution >= 0.6 is 0 Å². The highest BCUT2D eigenvalue weighted by atomic mass is 16.5. The molecule has 0 bridgehead atoms. The third-order valence-electron chi connectivity index (χ3n) is 5.53. The van der Waals surface area contributed by atoms with Gasteiger partial charge in [0.2, 0.25) is 5.91 Å². The molecule has 0 unspecified atom stereocenters. The van der Waals surface area contributed by atoms with E-state index in [-0.39, 0.29) is 5.82 Å². The molecule has 3 aromatic rings. The van der Waals surface area contributed by atoms with Gasteiger partial charge in [-0.2, -0.15) is 0 Å². The van der Waals surface area contributed by atoms with Gasteiger partial charge in [0.25, 0.3) is 0 Å². The predicted molar refractivity (Wildman–Crippen MR) is 133 cm³/mol. The summed E-state index contributed by atoms with van der Waals surface area (Å²) in [5.41, 5.74) is 0.557. The van der Waals surface area contributed by atoms with Crippen molar-refractivity contribution >= 4 is 85.3 Å².